The van der Waals surface area contributed by atoms with E-state index in [-0.39, 0.29) is 5.41 Å². The molecule has 0 spiro atoms. The van der Waals surface area contributed by atoms with Crippen LogP contribution in [-0.4, -0.2) is 0 Å². The molecule has 0 unspecified atom stereocenters. The lowest BCUT2D eigenvalue weighted by atomic mass is 9.85. The van der Waals surface area contributed by atoms with Gasteiger partial charge in [0.05, 0.1) is 17.3 Å². The van der Waals surface area contributed by atoms with Crippen LogP contribution in [0.15, 0.2) is 41.0 Å². The first-order valence-corrected chi connectivity index (χ1v) is 8.09. The number of anilines is 2. The summed E-state index contributed by atoms with van der Waals surface area (Å²) in [5, 5.41) is 13.5. The van der Waals surface area contributed by atoms with Gasteiger partial charge in [0.25, 0.3) is 0 Å². The molecule has 1 heterocycles. The lowest BCUT2D eigenvalue weighted by molar-refractivity contribution is 0.589. The van der Waals surface area contributed by atoms with Gasteiger partial charge in [-0.15, -0.1) is 0 Å². The van der Waals surface area contributed by atoms with Crippen LogP contribution in [0, 0.1) is 25.2 Å². The Balaban J connectivity index is 2.05. The molecule has 24 heavy (non-hydrogen) atoms. The van der Waals surface area contributed by atoms with Crippen molar-refractivity contribution in [2.45, 2.75) is 40.0 Å². The van der Waals surface area contributed by atoms with Crippen molar-refractivity contribution in [3.8, 4) is 6.07 Å². The van der Waals surface area contributed by atoms with Gasteiger partial charge < -0.3 is 9.73 Å². The van der Waals surface area contributed by atoms with Gasteiger partial charge in [-0.1, -0.05) is 32.9 Å². The van der Waals surface area contributed by atoms with Crippen molar-refractivity contribution >= 4 is 22.3 Å². The second kappa shape index (κ2) is 5.72. The van der Waals surface area contributed by atoms with E-state index in [0.29, 0.717) is 5.56 Å². The van der Waals surface area contributed by atoms with Gasteiger partial charge in [-0.05, 0) is 54.2 Å². The molecule has 0 saturated carbocycles. The number of fused-ring (bicyclic) bond motifs is 1. The fourth-order valence-electron chi connectivity index (χ4n) is 2.92. The Morgan fingerprint density at radius 2 is 1.71 bits per heavy atom. The highest BCUT2D eigenvalue weighted by molar-refractivity contribution is 5.93. The van der Waals surface area contributed by atoms with Gasteiger partial charge in [0.15, 0.2) is 0 Å². The summed E-state index contributed by atoms with van der Waals surface area (Å²) in [6.07, 6.45) is 1.71. The van der Waals surface area contributed by atoms with Gasteiger partial charge in [-0.25, -0.2) is 0 Å². The quantitative estimate of drug-likeness (QED) is 0.634. The molecule has 0 fully saturated rings. The summed E-state index contributed by atoms with van der Waals surface area (Å²) in [6.45, 7) is 10.9. The molecular formula is C21H22N2O. The first kappa shape index (κ1) is 16.1. The molecule has 2 aromatic carbocycles. The molecule has 1 aromatic heterocycles. The third kappa shape index (κ3) is 2.88. The average molecular weight is 318 g/mol. The highest BCUT2D eigenvalue weighted by Crippen LogP contribution is 2.34. The molecule has 0 aliphatic carbocycles. The number of nitrogens with one attached hydrogen (secondary N) is 1. The van der Waals surface area contributed by atoms with Crippen molar-refractivity contribution in [1.29, 1.82) is 5.26 Å². The monoisotopic (exact) mass is 318 g/mol. The van der Waals surface area contributed by atoms with Gasteiger partial charge in [0.2, 0.25) is 0 Å². The summed E-state index contributed by atoms with van der Waals surface area (Å²) in [4.78, 5) is 0. The Labute approximate surface area is 142 Å². The average Bonchev–Trinajstić information content (AvgIpc) is 2.91. The van der Waals surface area contributed by atoms with E-state index in [0.717, 1.165) is 22.3 Å². The van der Waals surface area contributed by atoms with Crippen molar-refractivity contribution in [2.24, 2.45) is 0 Å². The fourth-order valence-corrected chi connectivity index (χ4v) is 2.92. The predicted octanol–water partition coefficient (Wildman–Crippen LogP) is 5.96. The first-order chi connectivity index (χ1) is 11.3. The first-order valence-electron chi connectivity index (χ1n) is 8.09. The summed E-state index contributed by atoms with van der Waals surface area (Å²) in [7, 11) is 0. The maximum absolute atomic E-state index is 9.11. The number of aryl methyl sites for hydroxylation is 2. The van der Waals surface area contributed by atoms with E-state index in [4.69, 9.17) is 9.68 Å². The summed E-state index contributed by atoms with van der Waals surface area (Å²) < 4.78 is 5.61. The zero-order valence-electron chi connectivity index (χ0n) is 14.8. The number of benzene rings is 2. The van der Waals surface area contributed by atoms with Gasteiger partial charge >= 0.3 is 0 Å². The Bertz CT molecular complexity index is 929. The van der Waals surface area contributed by atoms with Crippen LogP contribution in [-0.2, 0) is 5.41 Å². The molecule has 0 aliphatic heterocycles. The predicted molar refractivity (Wildman–Crippen MR) is 98.8 cm³/mol. The van der Waals surface area contributed by atoms with Crippen molar-refractivity contribution in [2.75, 3.05) is 5.32 Å². The third-order valence-electron chi connectivity index (χ3n) is 4.36. The van der Waals surface area contributed by atoms with E-state index < -0.39 is 0 Å². The Hall–Kier alpha value is -2.73. The molecule has 3 nitrogen and oxygen atoms in total. The second-order valence-corrected chi connectivity index (χ2v) is 7.33. The van der Waals surface area contributed by atoms with Crippen LogP contribution in [0.2, 0.25) is 0 Å². The highest BCUT2D eigenvalue weighted by atomic mass is 16.3. The maximum Gasteiger partial charge on any atom is 0.136 e. The van der Waals surface area contributed by atoms with Crippen LogP contribution in [0.1, 0.15) is 43.0 Å². The number of hydrogen-bond acceptors (Lipinski definition) is 3. The van der Waals surface area contributed by atoms with Gasteiger partial charge in [-0.2, -0.15) is 5.26 Å². The van der Waals surface area contributed by atoms with E-state index in [1.165, 1.54) is 16.7 Å². The molecule has 122 valence electrons. The van der Waals surface area contributed by atoms with Crippen LogP contribution >= 0.6 is 0 Å². The number of nitrogens with zero attached hydrogens (tertiary/aromatic N) is 1. The van der Waals surface area contributed by atoms with Gasteiger partial charge in [-0.3, -0.25) is 0 Å². The van der Waals surface area contributed by atoms with Crippen molar-refractivity contribution < 1.29 is 4.42 Å². The number of rotatable bonds is 2. The normalized spacial score (nSPS) is 11.5. The van der Waals surface area contributed by atoms with Gasteiger partial charge in [0, 0.05) is 11.1 Å². The smallest absolute Gasteiger partial charge is 0.136 e. The Morgan fingerprint density at radius 1 is 1.04 bits per heavy atom. The van der Waals surface area contributed by atoms with Crippen LogP contribution in [0.4, 0.5) is 11.4 Å². The maximum atomic E-state index is 9.11. The van der Waals surface area contributed by atoms with Gasteiger partial charge in [0.1, 0.15) is 11.8 Å². The molecule has 0 atom stereocenters. The van der Waals surface area contributed by atoms with E-state index in [9.17, 15) is 0 Å². The fraction of sp³-hybridized carbons (Fsp3) is 0.286. The van der Waals surface area contributed by atoms with E-state index in [2.05, 4.69) is 58.1 Å². The van der Waals surface area contributed by atoms with Crippen molar-refractivity contribution in [1.82, 2.24) is 0 Å². The topological polar surface area (TPSA) is 49.0 Å². The minimum atomic E-state index is 0.123. The number of furan rings is 1. The standard InChI is InChI=1S/C21H22N2O/c1-13-8-16(21(3,4)5)9-14(2)20(13)23-18-12-24-19-7-6-15(11-22)10-17(18)19/h6-10,12,23H,1-5H3. The molecule has 0 amide bonds. The second-order valence-electron chi connectivity index (χ2n) is 7.33. The lowest BCUT2D eigenvalue weighted by Crippen LogP contribution is -2.12. The van der Waals surface area contributed by atoms with E-state index in [1.54, 1.807) is 12.3 Å². The molecule has 3 aromatic rings. The molecule has 3 rings (SSSR count). The molecule has 1 N–H and O–H groups in total. The summed E-state index contributed by atoms with van der Waals surface area (Å²) in [5.41, 5.74) is 7.23. The number of hydrogen-bond donors (Lipinski definition) is 1. The zero-order chi connectivity index (χ0) is 17.5. The molecule has 0 bridgehead atoms. The highest BCUT2D eigenvalue weighted by Gasteiger charge is 2.17. The van der Waals surface area contributed by atoms with Crippen LogP contribution in [0.25, 0.3) is 11.0 Å². The van der Waals surface area contributed by atoms with E-state index in [1.807, 2.05) is 12.1 Å². The number of nitriles is 1. The van der Waals surface area contributed by atoms with E-state index >= 15 is 0 Å². The molecular weight excluding hydrogens is 296 g/mol. The van der Waals surface area contributed by atoms with Crippen LogP contribution in [0.5, 0.6) is 0 Å². The largest absolute Gasteiger partial charge is 0.462 e. The van der Waals surface area contributed by atoms with Crippen molar-refractivity contribution in [3.05, 3.63) is 58.8 Å². The van der Waals surface area contributed by atoms with Crippen LogP contribution < -0.4 is 5.32 Å². The summed E-state index contributed by atoms with van der Waals surface area (Å²) >= 11 is 0. The summed E-state index contributed by atoms with van der Waals surface area (Å²) in [6, 6.07) is 12.1. The minimum Gasteiger partial charge on any atom is -0.462 e. The summed E-state index contributed by atoms with van der Waals surface area (Å²) in [5.74, 6) is 0. The molecule has 0 aliphatic rings. The lowest BCUT2D eigenvalue weighted by Gasteiger charge is -2.22. The molecule has 0 saturated heterocycles. The Morgan fingerprint density at radius 3 is 2.29 bits per heavy atom. The zero-order valence-corrected chi connectivity index (χ0v) is 14.8. The minimum absolute atomic E-state index is 0.123. The SMILES string of the molecule is Cc1cc(C(C)(C)C)cc(C)c1Nc1coc2ccc(C#N)cc12. The van der Waals surface area contributed by atoms with Crippen LogP contribution in [0.3, 0.4) is 0 Å². The third-order valence-corrected chi connectivity index (χ3v) is 4.36. The molecule has 0 radical (unpaired) electrons. The molecule has 3 heteroatoms. The Kier molecular flexibility index (Phi) is 3.85. The van der Waals surface area contributed by atoms with Crippen molar-refractivity contribution in [3.63, 3.8) is 0 Å².